The number of rotatable bonds is 9. The molecule has 0 aliphatic carbocycles. The lowest BCUT2D eigenvalue weighted by Gasteiger charge is -2.24. The summed E-state index contributed by atoms with van der Waals surface area (Å²) in [7, 11) is -7.36. The van der Waals surface area contributed by atoms with Crippen molar-refractivity contribution in [3.63, 3.8) is 0 Å². The van der Waals surface area contributed by atoms with E-state index in [9.17, 15) is 16.8 Å². The van der Waals surface area contributed by atoms with E-state index < -0.39 is 20.1 Å². The molecule has 6 nitrogen and oxygen atoms in total. The smallest absolute Gasteiger partial charge is 0.308 e. The molecule has 0 N–H and O–H groups in total. The summed E-state index contributed by atoms with van der Waals surface area (Å²) in [5, 5.41) is 0. The highest BCUT2D eigenvalue weighted by molar-refractivity contribution is 9.10. The second kappa shape index (κ2) is 9.39. The SMILES string of the molecule is CCS(=O)(=O)Oc1cccc(CN(CC(C)C)S(=O)(=O)c2ccc(Br)cc2)c1. The van der Waals surface area contributed by atoms with Gasteiger partial charge in [-0.15, -0.1) is 0 Å². The van der Waals surface area contributed by atoms with Gasteiger partial charge in [0.25, 0.3) is 0 Å². The van der Waals surface area contributed by atoms with Gasteiger partial charge < -0.3 is 4.18 Å². The van der Waals surface area contributed by atoms with Gasteiger partial charge >= 0.3 is 10.1 Å². The van der Waals surface area contributed by atoms with Crippen LogP contribution in [0.1, 0.15) is 26.3 Å². The van der Waals surface area contributed by atoms with Crippen LogP contribution >= 0.6 is 15.9 Å². The molecule has 154 valence electrons. The summed E-state index contributed by atoms with van der Waals surface area (Å²) < 4.78 is 56.9. The maximum atomic E-state index is 13.1. The average Bonchev–Trinajstić information content (AvgIpc) is 2.61. The van der Waals surface area contributed by atoms with E-state index in [-0.39, 0.29) is 28.9 Å². The Morgan fingerprint density at radius 1 is 1.04 bits per heavy atom. The van der Waals surface area contributed by atoms with Crippen LogP contribution in [0.15, 0.2) is 57.9 Å². The molecule has 2 aromatic carbocycles. The monoisotopic (exact) mass is 489 g/mol. The minimum Gasteiger partial charge on any atom is -0.382 e. The van der Waals surface area contributed by atoms with Gasteiger partial charge in [-0.2, -0.15) is 12.7 Å². The van der Waals surface area contributed by atoms with Crippen LogP contribution < -0.4 is 4.18 Å². The minimum atomic E-state index is -3.71. The highest BCUT2D eigenvalue weighted by Gasteiger charge is 2.25. The third-order valence-corrected chi connectivity index (χ3v) is 7.36. The van der Waals surface area contributed by atoms with Crippen molar-refractivity contribution in [2.45, 2.75) is 32.2 Å². The first-order chi connectivity index (χ1) is 13.0. The largest absolute Gasteiger partial charge is 0.382 e. The standard InChI is InChI=1S/C19H24BrNO5S2/c1-4-27(22,23)26-18-7-5-6-16(12-18)14-21(13-15(2)3)28(24,25)19-10-8-17(20)9-11-19/h5-12,15H,4,13-14H2,1-3H3. The van der Waals surface area contributed by atoms with Crippen LogP contribution in [0, 0.1) is 5.92 Å². The Morgan fingerprint density at radius 3 is 2.25 bits per heavy atom. The van der Waals surface area contributed by atoms with Gasteiger partial charge in [0.1, 0.15) is 5.75 Å². The van der Waals surface area contributed by atoms with Crippen LogP contribution in [0.3, 0.4) is 0 Å². The minimum absolute atomic E-state index is 0.111. The van der Waals surface area contributed by atoms with Crippen molar-refractivity contribution in [2.75, 3.05) is 12.3 Å². The molecule has 0 amide bonds. The van der Waals surface area contributed by atoms with Crippen molar-refractivity contribution >= 4 is 36.1 Å². The Kier molecular flexibility index (Phi) is 7.66. The molecule has 0 heterocycles. The third-order valence-electron chi connectivity index (χ3n) is 3.85. The van der Waals surface area contributed by atoms with Crippen LogP contribution in [0.5, 0.6) is 5.75 Å². The zero-order valence-electron chi connectivity index (χ0n) is 16.0. The maximum Gasteiger partial charge on any atom is 0.308 e. The predicted molar refractivity (Wildman–Crippen MR) is 113 cm³/mol. The van der Waals surface area contributed by atoms with Gasteiger partial charge in [0, 0.05) is 17.6 Å². The molecular weight excluding hydrogens is 466 g/mol. The summed E-state index contributed by atoms with van der Waals surface area (Å²) in [6.45, 7) is 5.82. The summed E-state index contributed by atoms with van der Waals surface area (Å²) >= 11 is 3.31. The Bertz CT molecular complexity index is 1000. The van der Waals surface area contributed by atoms with Gasteiger partial charge in [-0.3, -0.25) is 0 Å². The van der Waals surface area contributed by atoms with Gasteiger partial charge in [0.05, 0.1) is 10.6 Å². The fourth-order valence-electron chi connectivity index (χ4n) is 2.52. The van der Waals surface area contributed by atoms with E-state index in [1.54, 1.807) is 42.5 Å². The number of benzene rings is 2. The van der Waals surface area contributed by atoms with E-state index in [1.807, 2.05) is 13.8 Å². The van der Waals surface area contributed by atoms with E-state index >= 15 is 0 Å². The molecule has 9 heteroatoms. The van der Waals surface area contributed by atoms with Gasteiger partial charge in [0.15, 0.2) is 0 Å². The molecule has 0 saturated heterocycles. The number of sulfonamides is 1. The maximum absolute atomic E-state index is 13.1. The summed E-state index contributed by atoms with van der Waals surface area (Å²) in [6.07, 6.45) is 0. The summed E-state index contributed by atoms with van der Waals surface area (Å²) in [4.78, 5) is 0.206. The fraction of sp³-hybridized carbons (Fsp3) is 0.368. The Morgan fingerprint density at radius 2 is 1.68 bits per heavy atom. The van der Waals surface area contributed by atoms with Crippen molar-refractivity contribution in [2.24, 2.45) is 5.92 Å². The molecule has 2 rings (SSSR count). The van der Waals surface area contributed by atoms with E-state index in [0.717, 1.165) is 4.47 Å². The molecule has 0 saturated carbocycles. The quantitative estimate of drug-likeness (QED) is 0.496. The van der Waals surface area contributed by atoms with Crippen molar-refractivity contribution in [1.29, 1.82) is 0 Å². The Balaban J connectivity index is 2.33. The van der Waals surface area contributed by atoms with E-state index in [4.69, 9.17) is 4.18 Å². The molecular formula is C19H24BrNO5S2. The van der Waals surface area contributed by atoms with Crippen LogP contribution in [0.25, 0.3) is 0 Å². The first-order valence-electron chi connectivity index (χ1n) is 8.80. The van der Waals surface area contributed by atoms with E-state index in [0.29, 0.717) is 12.1 Å². The highest BCUT2D eigenvalue weighted by atomic mass is 79.9. The van der Waals surface area contributed by atoms with Crippen LogP contribution in [-0.2, 0) is 26.7 Å². The zero-order chi connectivity index (χ0) is 20.9. The van der Waals surface area contributed by atoms with Crippen LogP contribution in [0.4, 0.5) is 0 Å². The second-order valence-electron chi connectivity index (χ2n) is 6.72. The molecule has 0 atom stereocenters. The van der Waals surface area contributed by atoms with Crippen LogP contribution in [0.2, 0.25) is 0 Å². The number of nitrogens with zero attached hydrogens (tertiary/aromatic N) is 1. The molecule has 28 heavy (non-hydrogen) atoms. The fourth-order valence-corrected chi connectivity index (χ4v) is 4.89. The molecule has 0 bridgehead atoms. The zero-order valence-corrected chi connectivity index (χ0v) is 19.2. The van der Waals surface area contributed by atoms with Gasteiger partial charge in [-0.25, -0.2) is 8.42 Å². The molecule has 0 fully saturated rings. The lowest BCUT2D eigenvalue weighted by atomic mass is 10.2. The Hall–Kier alpha value is -1.42. The van der Waals surface area contributed by atoms with Crippen molar-refractivity contribution < 1.29 is 21.0 Å². The van der Waals surface area contributed by atoms with Gasteiger partial charge in [0.2, 0.25) is 10.0 Å². The van der Waals surface area contributed by atoms with Gasteiger partial charge in [-0.05, 0) is 54.8 Å². The number of halogens is 1. The average molecular weight is 490 g/mol. The molecule has 0 aliphatic rings. The van der Waals surface area contributed by atoms with Crippen molar-refractivity contribution in [1.82, 2.24) is 4.31 Å². The molecule has 0 radical (unpaired) electrons. The van der Waals surface area contributed by atoms with E-state index in [1.165, 1.54) is 17.3 Å². The predicted octanol–water partition coefficient (Wildman–Crippen LogP) is 4.02. The summed E-state index contributed by atoms with van der Waals surface area (Å²) in [5.41, 5.74) is 0.644. The highest BCUT2D eigenvalue weighted by Crippen LogP contribution is 2.23. The van der Waals surface area contributed by atoms with E-state index in [2.05, 4.69) is 15.9 Å². The van der Waals surface area contributed by atoms with Crippen molar-refractivity contribution in [3.05, 3.63) is 58.6 Å². The first-order valence-corrected chi connectivity index (χ1v) is 12.6. The normalized spacial score (nSPS) is 12.5. The van der Waals surface area contributed by atoms with Crippen LogP contribution in [-0.4, -0.2) is 33.4 Å². The molecule has 0 unspecified atom stereocenters. The summed E-state index contributed by atoms with van der Waals surface area (Å²) in [6, 6.07) is 13.0. The summed E-state index contributed by atoms with van der Waals surface area (Å²) in [5.74, 6) is 0.143. The molecule has 0 spiro atoms. The van der Waals surface area contributed by atoms with Gasteiger partial charge in [-0.1, -0.05) is 41.9 Å². The van der Waals surface area contributed by atoms with Crippen molar-refractivity contribution in [3.8, 4) is 5.75 Å². The number of hydrogen-bond donors (Lipinski definition) is 0. The Labute approximate surface area is 175 Å². The topological polar surface area (TPSA) is 80.8 Å². The first kappa shape index (κ1) is 22.9. The second-order valence-corrected chi connectivity index (χ2v) is 11.4. The third kappa shape index (κ3) is 6.30. The molecule has 2 aromatic rings. The molecule has 0 aliphatic heterocycles. The molecule has 0 aromatic heterocycles. The lowest BCUT2D eigenvalue weighted by Crippen LogP contribution is -2.33. The lowest BCUT2D eigenvalue weighted by molar-refractivity contribution is 0.361. The number of hydrogen-bond acceptors (Lipinski definition) is 5.